The molecule has 5 nitrogen and oxygen atoms in total. The third-order valence-electron chi connectivity index (χ3n) is 8.31. The van der Waals surface area contributed by atoms with E-state index in [9.17, 15) is 18.0 Å². The summed E-state index contributed by atoms with van der Waals surface area (Å²) in [6.07, 6.45) is 2.87. The summed E-state index contributed by atoms with van der Waals surface area (Å²) in [4.78, 5) is 19.7. The Labute approximate surface area is 187 Å². The van der Waals surface area contributed by atoms with Crippen LogP contribution in [-0.4, -0.2) is 47.6 Å². The van der Waals surface area contributed by atoms with E-state index in [1.807, 2.05) is 4.90 Å². The third-order valence-corrected chi connectivity index (χ3v) is 8.31. The molecule has 1 N–H and O–H groups in total. The zero-order valence-corrected chi connectivity index (χ0v) is 18.6. The Bertz CT molecular complexity index is 877. The molecule has 5 atom stereocenters. The SMILES string of the molecule is C[C@@H]1COCC[C@@H]1NC1C[C@H]2CCC[C@@]2(C(=O)N2CCc3ncc(C(F)(F)F)cc3C2)C1. The van der Waals surface area contributed by atoms with Gasteiger partial charge in [-0.2, -0.15) is 13.2 Å². The summed E-state index contributed by atoms with van der Waals surface area (Å²) in [6.45, 7) is 4.53. The number of nitrogens with zero attached hydrogens (tertiary/aromatic N) is 2. The van der Waals surface area contributed by atoms with Gasteiger partial charge in [0, 0.05) is 50.1 Å². The zero-order valence-electron chi connectivity index (χ0n) is 18.6. The molecular formula is C24H32F3N3O2. The molecule has 1 aromatic rings. The molecule has 3 fully saturated rings. The highest BCUT2D eigenvalue weighted by Gasteiger charge is 2.56. The van der Waals surface area contributed by atoms with Crippen LogP contribution in [0.2, 0.25) is 0 Å². The van der Waals surface area contributed by atoms with E-state index in [1.54, 1.807) is 0 Å². The summed E-state index contributed by atoms with van der Waals surface area (Å²) < 4.78 is 45.1. The molecule has 1 amide bonds. The van der Waals surface area contributed by atoms with Crippen molar-refractivity contribution in [2.75, 3.05) is 19.8 Å². The number of hydrogen-bond acceptors (Lipinski definition) is 4. The van der Waals surface area contributed by atoms with Crippen molar-refractivity contribution in [1.82, 2.24) is 15.2 Å². The maximum absolute atomic E-state index is 13.8. The lowest BCUT2D eigenvalue weighted by atomic mass is 9.78. The minimum absolute atomic E-state index is 0.146. The van der Waals surface area contributed by atoms with Crippen molar-refractivity contribution in [3.05, 3.63) is 29.1 Å². The normalized spacial score (nSPS) is 34.9. The maximum atomic E-state index is 13.8. The van der Waals surface area contributed by atoms with Gasteiger partial charge < -0.3 is 15.0 Å². The van der Waals surface area contributed by atoms with Crippen LogP contribution in [0.25, 0.3) is 0 Å². The molecule has 0 bridgehead atoms. The first-order valence-corrected chi connectivity index (χ1v) is 11.9. The Hall–Kier alpha value is -1.67. The number of carbonyl (C=O) groups is 1. The van der Waals surface area contributed by atoms with Crippen molar-refractivity contribution >= 4 is 5.91 Å². The number of halogens is 3. The van der Waals surface area contributed by atoms with Gasteiger partial charge in [-0.25, -0.2) is 0 Å². The predicted octanol–water partition coefficient (Wildman–Crippen LogP) is 3.95. The van der Waals surface area contributed by atoms with Gasteiger partial charge in [0.05, 0.1) is 17.6 Å². The van der Waals surface area contributed by atoms with Crippen molar-refractivity contribution < 1.29 is 22.7 Å². The number of aromatic nitrogens is 1. The molecule has 3 heterocycles. The lowest BCUT2D eigenvalue weighted by Crippen LogP contribution is -2.48. The molecular weight excluding hydrogens is 419 g/mol. The first-order chi connectivity index (χ1) is 15.3. The third kappa shape index (κ3) is 3.94. The highest BCUT2D eigenvalue weighted by Crippen LogP contribution is 2.55. The van der Waals surface area contributed by atoms with Crippen LogP contribution in [0.3, 0.4) is 0 Å². The Kier molecular flexibility index (Phi) is 5.73. The van der Waals surface area contributed by atoms with E-state index in [1.165, 1.54) is 6.07 Å². The van der Waals surface area contributed by atoms with E-state index in [0.717, 1.165) is 57.9 Å². The second-order valence-electron chi connectivity index (χ2n) is 10.3. The summed E-state index contributed by atoms with van der Waals surface area (Å²) in [7, 11) is 0. The van der Waals surface area contributed by atoms with Crippen LogP contribution < -0.4 is 5.32 Å². The molecule has 1 aromatic heterocycles. The Morgan fingerprint density at radius 1 is 1.34 bits per heavy atom. The number of carbonyl (C=O) groups excluding carboxylic acids is 1. The predicted molar refractivity (Wildman–Crippen MR) is 113 cm³/mol. The fraction of sp³-hybridized carbons (Fsp3) is 0.750. The van der Waals surface area contributed by atoms with E-state index in [-0.39, 0.29) is 17.9 Å². The fourth-order valence-electron chi connectivity index (χ4n) is 6.62. The lowest BCUT2D eigenvalue weighted by molar-refractivity contribution is -0.144. The molecule has 0 spiro atoms. The summed E-state index contributed by atoms with van der Waals surface area (Å²) in [6, 6.07) is 1.93. The van der Waals surface area contributed by atoms with Gasteiger partial charge in [0.2, 0.25) is 5.91 Å². The summed E-state index contributed by atoms with van der Waals surface area (Å²) in [5.41, 5.74) is 0.118. The average molecular weight is 452 g/mol. The van der Waals surface area contributed by atoms with Gasteiger partial charge in [-0.15, -0.1) is 0 Å². The molecule has 2 saturated carbocycles. The van der Waals surface area contributed by atoms with Crippen molar-refractivity contribution in [2.45, 2.75) is 76.7 Å². The topological polar surface area (TPSA) is 54.5 Å². The number of fused-ring (bicyclic) bond motifs is 2. The minimum atomic E-state index is -4.42. The minimum Gasteiger partial charge on any atom is -0.381 e. The molecule has 2 aliphatic heterocycles. The van der Waals surface area contributed by atoms with Crippen LogP contribution in [0, 0.1) is 17.3 Å². The van der Waals surface area contributed by atoms with Gasteiger partial charge in [0.1, 0.15) is 0 Å². The van der Waals surface area contributed by atoms with Crippen LogP contribution in [0.1, 0.15) is 62.3 Å². The standard InChI is InChI=1S/C24H32F3N3O2/c1-15-14-32-8-5-20(15)29-19-10-17-3-2-6-23(17,11-19)22(31)30-7-4-21-16(13-30)9-18(12-28-21)24(25,26)27/h9,12,15,17,19-20,29H,2-8,10-11,13-14H2,1H3/t15-,17-,19?,20+,23-/m1/s1. The maximum Gasteiger partial charge on any atom is 0.417 e. The van der Waals surface area contributed by atoms with E-state index in [4.69, 9.17) is 4.74 Å². The Morgan fingerprint density at radius 2 is 2.19 bits per heavy atom. The monoisotopic (exact) mass is 451 g/mol. The molecule has 0 radical (unpaired) electrons. The van der Waals surface area contributed by atoms with Gasteiger partial charge in [0.25, 0.3) is 0 Å². The quantitative estimate of drug-likeness (QED) is 0.756. The van der Waals surface area contributed by atoms with E-state index in [2.05, 4.69) is 17.2 Å². The first kappa shape index (κ1) is 22.1. The second-order valence-corrected chi connectivity index (χ2v) is 10.3. The van der Waals surface area contributed by atoms with Gasteiger partial charge >= 0.3 is 6.18 Å². The molecule has 32 heavy (non-hydrogen) atoms. The highest BCUT2D eigenvalue weighted by atomic mass is 19.4. The van der Waals surface area contributed by atoms with Crippen molar-refractivity contribution in [3.63, 3.8) is 0 Å². The van der Waals surface area contributed by atoms with Crippen LogP contribution in [0.15, 0.2) is 12.3 Å². The van der Waals surface area contributed by atoms with Crippen LogP contribution in [0.5, 0.6) is 0 Å². The number of ether oxygens (including phenoxy) is 1. The molecule has 8 heteroatoms. The van der Waals surface area contributed by atoms with Gasteiger partial charge in [-0.1, -0.05) is 13.3 Å². The molecule has 5 rings (SSSR count). The molecule has 2 aliphatic carbocycles. The molecule has 1 saturated heterocycles. The summed E-state index contributed by atoms with van der Waals surface area (Å²) >= 11 is 0. The Morgan fingerprint density at radius 3 is 2.97 bits per heavy atom. The van der Waals surface area contributed by atoms with Gasteiger partial charge in [-0.3, -0.25) is 9.78 Å². The molecule has 0 aromatic carbocycles. The van der Waals surface area contributed by atoms with Crippen molar-refractivity contribution in [2.24, 2.45) is 17.3 Å². The number of nitrogens with one attached hydrogen (secondary N) is 1. The molecule has 1 unspecified atom stereocenters. The first-order valence-electron chi connectivity index (χ1n) is 11.9. The number of hydrogen-bond donors (Lipinski definition) is 1. The van der Waals surface area contributed by atoms with Gasteiger partial charge in [0.15, 0.2) is 0 Å². The summed E-state index contributed by atoms with van der Waals surface area (Å²) in [5, 5.41) is 3.83. The van der Waals surface area contributed by atoms with Crippen LogP contribution >= 0.6 is 0 Å². The molecule has 176 valence electrons. The molecule has 4 aliphatic rings. The largest absolute Gasteiger partial charge is 0.417 e. The smallest absolute Gasteiger partial charge is 0.381 e. The number of alkyl halides is 3. The second kappa shape index (κ2) is 8.28. The van der Waals surface area contributed by atoms with Crippen LogP contribution in [-0.2, 0) is 28.7 Å². The number of pyridine rings is 1. The fourth-order valence-corrected chi connectivity index (χ4v) is 6.62. The van der Waals surface area contributed by atoms with E-state index < -0.39 is 11.7 Å². The van der Waals surface area contributed by atoms with Gasteiger partial charge in [-0.05, 0) is 55.6 Å². The van der Waals surface area contributed by atoms with Crippen molar-refractivity contribution in [3.8, 4) is 0 Å². The average Bonchev–Trinajstić information content (AvgIpc) is 3.31. The Balaban J connectivity index is 1.31. The number of rotatable bonds is 3. The van der Waals surface area contributed by atoms with Crippen LogP contribution in [0.4, 0.5) is 13.2 Å². The summed E-state index contributed by atoms with van der Waals surface area (Å²) in [5.74, 6) is 0.973. The lowest BCUT2D eigenvalue weighted by Gasteiger charge is -2.38. The zero-order chi connectivity index (χ0) is 22.5. The highest BCUT2D eigenvalue weighted by molar-refractivity contribution is 5.84. The van der Waals surface area contributed by atoms with Crippen molar-refractivity contribution in [1.29, 1.82) is 0 Å². The number of amides is 1. The van der Waals surface area contributed by atoms with E-state index >= 15 is 0 Å². The van der Waals surface area contributed by atoms with E-state index in [0.29, 0.717) is 48.1 Å².